The molecule has 1 aliphatic rings. The van der Waals surface area contributed by atoms with Crippen molar-refractivity contribution in [2.75, 3.05) is 27.3 Å². The standard InChI is InChI=1S/C26H28N2O5S/c1-32-21-11-13-23(14-12-21)34(30,31)28-17-24(20-9-6-10-22(15-20)33-2)25(18-28)26(29)27-16-19-7-4-3-5-8-19/h3-15,24-25H,16-18H2,1-2H3,(H,27,29). The summed E-state index contributed by atoms with van der Waals surface area (Å²) < 4.78 is 38.7. The van der Waals surface area contributed by atoms with Crippen LogP contribution in [0.3, 0.4) is 0 Å². The highest BCUT2D eigenvalue weighted by Crippen LogP contribution is 2.37. The number of carbonyl (C=O) groups is 1. The van der Waals surface area contributed by atoms with Crippen molar-refractivity contribution in [1.29, 1.82) is 0 Å². The number of ether oxygens (including phenoxy) is 2. The van der Waals surface area contributed by atoms with Gasteiger partial charge in [0, 0.05) is 25.6 Å². The smallest absolute Gasteiger partial charge is 0.243 e. The van der Waals surface area contributed by atoms with Crippen molar-refractivity contribution < 1.29 is 22.7 Å². The molecule has 1 amide bonds. The Labute approximate surface area is 200 Å². The normalized spacial score (nSPS) is 18.4. The van der Waals surface area contributed by atoms with Crippen LogP contribution in [0, 0.1) is 5.92 Å². The number of rotatable bonds is 8. The monoisotopic (exact) mass is 480 g/mol. The van der Waals surface area contributed by atoms with Crippen molar-refractivity contribution in [3.05, 3.63) is 90.0 Å². The van der Waals surface area contributed by atoms with Gasteiger partial charge in [0.2, 0.25) is 15.9 Å². The molecule has 1 N–H and O–H groups in total. The van der Waals surface area contributed by atoms with Crippen LogP contribution < -0.4 is 14.8 Å². The van der Waals surface area contributed by atoms with Gasteiger partial charge >= 0.3 is 0 Å². The van der Waals surface area contributed by atoms with E-state index in [0.29, 0.717) is 18.0 Å². The molecule has 2 unspecified atom stereocenters. The van der Waals surface area contributed by atoms with Crippen LogP contribution in [-0.4, -0.2) is 45.9 Å². The van der Waals surface area contributed by atoms with E-state index < -0.39 is 15.9 Å². The van der Waals surface area contributed by atoms with Crippen LogP contribution in [-0.2, 0) is 21.4 Å². The van der Waals surface area contributed by atoms with Crippen molar-refractivity contribution in [2.45, 2.75) is 17.4 Å². The van der Waals surface area contributed by atoms with Crippen molar-refractivity contribution in [2.24, 2.45) is 5.92 Å². The van der Waals surface area contributed by atoms with Crippen LogP contribution >= 0.6 is 0 Å². The molecule has 8 heteroatoms. The van der Waals surface area contributed by atoms with Crippen LogP contribution in [0.5, 0.6) is 11.5 Å². The van der Waals surface area contributed by atoms with Gasteiger partial charge in [-0.1, -0.05) is 42.5 Å². The van der Waals surface area contributed by atoms with Gasteiger partial charge in [-0.3, -0.25) is 4.79 Å². The fraction of sp³-hybridized carbons (Fsp3) is 0.269. The fourth-order valence-corrected chi connectivity index (χ4v) is 5.74. The molecule has 178 valence electrons. The molecule has 1 heterocycles. The average molecular weight is 481 g/mol. The van der Waals surface area contributed by atoms with E-state index in [0.717, 1.165) is 11.1 Å². The molecule has 34 heavy (non-hydrogen) atoms. The largest absolute Gasteiger partial charge is 0.497 e. The predicted molar refractivity (Wildman–Crippen MR) is 129 cm³/mol. The molecule has 2 atom stereocenters. The number of nitrogens with zero attached hydrogens (tertiary/aromatic N) is 1. The van der Waals surface area contributed by atoms with E-state index in [2.05, 4.69) is 5.32 Å². The SMILES string of the molecule is COc1ccc(S(=O)(=O)N2CC(C(=O)NCc3ccccc3)C(c3cccc(OC)c3)C2)cc1. The van der Waals surface area contributed by atoms with Gasteiger partial charge in [-0.25, -0.2) is 8.42 Å². The molecule has 1 fully saturated rings. The third-order valence-electron chi connectivity index (χ3n) is 6.15. The maximum Gasteiger partial charge on any atom is 0.243 e. The summed E-state index contributed by atoms with van der Waals surface area (Å²) in [5.41, 5.74) is 1.85. The molecule has 0 saturated carbocycles. The number of benzene rings is 3. The molecule has 0 aromatic heterocycles. The summed E-state index contributed by atoms with van der Waals surface area (Å²) in [4.78, 5) is 13.4. The van der Waals surface area contributed by atoms with E-state index >= 15 is 0 Å². The fourth-order valence-electron chi connectivity index (χ4n) is 4.25. The van der Waals surface area contributed by atoms with Gasteiger partial charge < -0.3 is 14.8 Å². The van der Waals surface area contributed by atoms with Crippen molar-refractivity contribution in [3.63, 3.8) is 0 Å². The second-order valence-corrected chi connectivity index (χ2v) is 10.1. The average Bonchev–Trinajstić information content (AvgIpc) is 3.35. The first-order chi connectivity index (χ1) is 16.4. The number of carbonyl (C=O) groups excluding carboxylic acids is 1. The van der Waals surface area contributed by atoms with Gasteiger partial charge in [0.1, 0.15) is 11.5 Å². The maximum absolute atomic E-state index is 13.4. The summed E-state index contributed by atoms with van der Waals surface area (Å²) in [6.45, 7) is 0.675. The summed E-state index contributed by atoms with van der Waals surface area (Å²) in [6, 6.07) is 23.4. The molecule has 7 nitrogen and oxygen atoms in total. The number of hydrogen-bond donors (Lipinski definition) is 1. The highest BCUT2D eigenvalue weighted by atomic mass is 32.2. The molecule has 0 radical (unpaired) electrons. The van der Waals surface area contributed by atoms with Crippen LogP contribution in [0.25, 0.3) is 0 Å². The highest BCUT2D eigenvalue weighted by Gasteiger charge is 2.43. The molecule has 1 aliphatic heterocycles. The summed E-state index contributed by atoms with van der Waals surface area (Å²) in [6.07, 6.45) is 0. The number of amides is 1. The zero-order valence-corrected chi connectivity index (χ0v) is 20.0. The van der Waals surface area contributed by atoms with Crippen LogP contribution in [0.1, 0.15) is 17.0 Å². The Bertz CT molecular complexity index is 1230. The number of methoxy groups -OCH3 is 2. The molecular weight excluding hydrogens is 452 g/mol. The number of nitrogens with one attached hydrogen (secondary N) is 1. The van der Waals surface area contributed by atoms with E-state index in [1.54, 1.807) is 19.2 Å². The minimum absolute atomic E-state index is 0.0941. The Balaban J connectivity index is 1.60. The van der Waals surface area contributed by atoms with Crippen LogP contribution in [0.4, 0.5) is 0 Å². The van der Waals surface area contributed by atoms with Gasteiger partial charge in [-0.05, 0) is 47.5 Å². The van der Waals surface area contributed by atoms with E-state index in [1.165, 1.54) is 23.5 Å². The lowest BCUT2D eigenvalue weighted by atomic mass is 9.88. The molecule has 3 aromatic carbocycles. The minimum atomic E-state index is -3.79. The Morgan fingerprint density at radius 2 is 1.62 bits per heavy atom. The molecule has 0 spiro atoms. The zero-order chi connectivity index (χ0) is 24.1. The van der Waals surface area contributed by atoms with Gasteiger partial charge in [0.25, 0.3) is 0 Å². The Hall–Kier alpha value is -3.36. The van der Waals surface area contributed by atoms with E-state index in [9.17, 15) is 13.2 Å². The topological polar surface area (TPSA) is 84.9 Å². The van der Waals surface area contributed by atoms with E-state index in [1.807, 2.05) is 54.6 Å². The first kappa shape index (κ1) is 23.8. The third-order valence-corrected chi connectivity index (χ3v) is 8.00. The Kier molecular flexibility index (Phi) is 7.19. The highest BCUT2D eigenvalue weighted by molar-refractivity contribution is 7.89. The molecule has 4 rings (SSSR count). The van der Waals surface area contributed by atoms with Gasteiger partial charge in [0.05, 0.1) is 25.0 Å². The summed E-state index contributed by atoms with van der Waals surface area (Å²) in [5.74, 6) is 0.219. The minimum Gasteiger partial charge on any atom is -0.497 e. The number of hydrogen-bond acceptors (Lipinski definition) is 5. The van der Waals surface area contributed by atoms with E-state index in [-0.39, 0.29) is 29.8 Å². The second kappa shape index (κ2) is 10.3. The van der Waals surface area contributed by atoms with Gasteiger partial charge in [-0.2, -0.15) is 4.31 Å². The zero-order valence-electron chi connectivity index (χ0n) is 19.2. The Morgan fingerprint density at radius 3 is 2.29 bits per heavy atom. The predicted octanol–water partition coefficient (Wildman–Crippen LogP) is 3.42. The molecule has 1 saturated heterocycles. The van der Waals surface area contributed by atoms with Crippen molar-refractivity contribution >= 4 is 15.9 Å². The lowest BCUT2D eigenvalue weighted by Crippen LogP contribution is -2.35. The summed E-state index contributed by atoms with van der Waals surface area (Å²) in [5, 5.41) is 2.99. The third kappa shape index (κ3) is 5.08. The summed E-state index contributed by atoms with van der Waals surface area (Å²) in [7, 11) is -0.677. The van der Waals surface area contributed by atoms with Gasteiger partial charge in [0.15, 0.2) is 0 Å². The molecule has 0 bridgehead atoms. The van der Waals surface area contributed by atoms with E-state index in [4.69, 9.17) is 9.47 Å². The van der Waals surface area contributed by atoms with Crippen LogP contribution in [0.15, 0.2) is 83.8 Å². The quantitative estimate of drug-likeness (QED) is 0.534. The van der Waals surface area contributed by atoms with Gasteiger partial charge in [-0.15, -0.1) is 0 Å². The van der Waals surface area contributed by atoms with Crippen molar-refractivity contribution in [3.8, 4) is 11.5 Å². The lowest BCUT2D eigenvalue weighted by molar-refractivity contribution is -0.125. The lowest BCUT2D eigenvalue weighted by Gasteiger charge is -2.19. The first-order valence-electron chi connectivity index (χ1n) is 11.0. The second-order valence-electron chi connectivity index (χ2n) is 8.19. The van der Waals surface area contributed by atoms with Crippen LogP contribution in [0.2, 0.25) is 0 Å². The first-order valence-corrected chi connectivity index (χ1v) is 12.5. The molecule has 0 aliphatic carbocycles. The van der Waals surface area contributed by atoms with Crippen molar-refractivity contribution in [1.82, 2.24) is 9.62 Å². The summed E-state index contributed by atoms with van der Waals surface area (Å²) >= 11 is 0. The molecule has 3 aromatic rings. The molecular formula is C26H28N2O5S. The maximum atomic E-state index is 13.4. The number of sulfonamides is 1. The Morgan fingerprint density at radius 1 is 0.912 bits per heavy atom.